The predicted molar refractivity (Wildman–Crippen MR) is 71.1 cm³/mol. The number of halogens is 2. The Hall–Kier alpha value is -0.900. The van der Waals surface area contributed by atoms with Crippen molar-refractivity contribution in [3.05, 3.63) is 56.5 Å². The smallest absolute Gasteiger partial charge is 0.129 e. The number of rotatable bonds is 3. The maximum Gasteiger partial charge on any atom is 0.129 e. The number of hydrogen-bond acceptors (Lipinski definition) is 2. The van der Waals surface area contributed by atoms with Crippen LogP contribution in [0.4, 0.5) is 4.39 Å². The Kier molecular flexibility index (Phi) is 3.82. The first kappa shape index (κ1) is 12.6. The van der Waals surface area contributed by atoms with Gasteiger partial charge >= 0.3 is 0 Å². The second-order valence-electron chi connectivity index (χ2n) is 3.81. The first-order valence-corrected chi connectivity index (χ1v) is 6.66. The van der Waals surface area contributed by atoms with Gasteiger partial charge in [0.1, 0.15) is 5.82 Å². The summed E-state index contributed by atoms with van der Waals surface area (Å²) in [5.41, 5.74) is 7.79. The SMILES string of the molecule is CCc1ccsc1C(N)c1ccc(Cl)cc1F. The number of benzene rings is 1. The molecule has 1 unspecified atom stereocenters. The van der Waals surface area contributed by atoms with Gasteiger partial charge in [-0.3, -0.25) is 0 Å². The highest BCUT2D eigenvalue weighted by Gasteiger charge is 2.17. The van der Waals surface area contributed by atoms with Crippen LogP contribution in [-0.2, 0) is 6.42 Å². The first-order valence-electron chi connectivity index (χ1n) is 5.40. The monoisotopic (exact) mass is 269 g/mol. The van der Waals surface area contributed by atoms with E-state index in [1.54, 1.807) is 23.5 Å². The van der Waals surface area contributed by atoms with Crippen LogP contribution < -0.4 is 5.73 Å². The Bertz CT molecular complexity index is 524. The molecule has 0 aliphatic rings. The van der Waals surface area contributed by atoms with Gasteiger partial charge in [-0.1, -0.05) is 24.6 Å². The number of aryl methyl sites for hydroxylation is 1. The van der Waals surface area contributed by atoms with Crippen LogP contribution in [0.3, 0.4) is 0 Å². The summed E-state index contributed by atoms with van der Waals surface area (Å²) in [6.07, 6.45) is 0.905. The summed E-state index contributed by atoms with van der Waals surface area (Å²) in [5, 5.41) is 2.38. The Balaban J connectivity index is 2.40. The molecule has 0 bridgehead atoms. The van der Waals surface area contributed by atoms with Gasteiger partial charge < -0.3 is 5.73 Å². The molecule has 0 amide bonds. The summed E-state index contributed by atoms with van der Waals surface area (Å²) >= 11 is 7.29. The zero-order chi connectivity index (χ0) is 12.4. The van der Waals surface area contributed by atoms with Crippen molar-refractivity contribution >= 4 is 22.9 Å². The standard InChI is InChI=1S/C13H13ClFNS/c1-2-8-5-6-17-13(8)12(16)10-4-3-9(14)7-11(10)15/h3-7,12H,2,16H2,1H3. The highest BCUT2D eigenvalue weighted by atomic mass is 35.5. The van der Waals surface area contributed by atoms with Crippen molar-refractivity contribution < 1.29 is 4.39 Å². The van der Waals surface area contributed by atoms with E-state index in [9.17, 15) is 4.39 Å². The highest BCUT2D eigenvalue weighted by molar-refractivity contribution is 7.10. The largest absolute Gasteiger partial charge is 0.320 e. The van der Waals surface area contributed by atoms with Crippen molar-refractivity contribution in [2.24, 2.45) is 5.73 Å². The third-order valence-corrected chi connectivity index (χ3v) is 4.02. The van der Waals surface area contributed by atoms with E-state index in [0.29, 0.717) is 10.6 Å². The molecule has 1 aromatic heterocycles. The molecule has 1 heterocycles. The quantitative estimate of drug-likeness (QED) is 0.890. The average Bonchev–Trinajstić information content (AvgIpc) is 2.76. The van der Waals surface area contributed by atoms with Crippen LogP contribution in [0.1, 0.15) is 29.0 Å². The molecular formula is C13H13ClFNS. The molecule has 1 atom stereocenters. The molecule has 90 valence electrons. The van der Waals surface area contributed by atoms with Crippen molar-refractivity contribution in [1.82, 2.24) is 0 Å². The van der Waals surface area contributed by atoms with E-state index >= 15 is 0 Å². The predicted octanol–water partition coefficient (Wildman–Crippen LogP) is 4.15. The number of nitrogens with two attached hydrogens (primary N) is 1. The summed E-state index contributed by atoms with van der Waals surface area (Å²) in [7, 11) is 0. The third kappa shape index (κ3) is 2.51. The Morgan fingerprint density at radius 2 is 2.18 bits per heavy atom. The lowest BCUT2D eigenvalue weighted by atomic mass is 10.0. The molecule has 2 rings (SSSR count). The fraction of sp³-hybridized carbons (Fsp3) is 0.231. The molecule has 0 spiro atoms. The molecule has 0 fully saturated rings. The van der Waals surface area contributed by atoms with Crippen molar-refractivity contribution in [1.29, 1.82) is 0 Å². The van der Waals surface area contributed by atoms with Crippen molar-refractivity contribution in [3.63, 3.8) is 0 Å². The van der Waals surface area contributed by atoms with Gasteiger partial charge in [0.2, 0.25) is 0 Å². The average molecular weight is 270 g/mol. The molecular weight excluding hydrogens is 257 g/mol. The van der Waals surface area contributed by atoms with Gasteiger partial charge in [-0.05, 0) is 35.6 Å². The zero-order valence-electron chi connectivity index (χ0n) is 9.41. The van der Waals surface area contributed by atoms with E-state index in [-0.39, 0.29) is 5.82 Å². The summed E-state index contributed by atoms with van der Waals surface area (Å²) < 4.78 is 13.8. The van der Waals surface area contributed by atoms with Gasteiger partial charge in [0.25, 0.3) is 0 Å². The second kappa shape index (κ2) is 5.17. The molecule has 0 saturated heterocycles. The van der Waals surface area contributed by atoms with Gasteiger partial charge in [0, 0.05) is 15.5 Å². The van der Waals surface area contributed by atoms with Gasteiger partial charge in [-0.2, -0.15) is 0 Å². The minimum absolute atomic E-state index is 0.347. The Morgan fingerprint density at radius 3 is 2.82 bits per heavy atom. The molecule has 0 radical (unpaired) electrons. The van der Waals surface area contributed by atoms with Crippen LogP contribution in [0.25, 0.3) is 0 Å². The lowest BCUT2D eigenvalue weighted by Gasteiger charge is -2.13. The number of thiophene rings is 1. The molecule has 4 heteroatoms. The van der Waals surface area contributed by atoms with E-state index < -0.39 is 6.04 Å². The summed E-state index contributed by atoms with van der Waals surface area (Å²) in [5.74, 6) is -0.347. The molecule has 0 aliphatic carbocycles. The molecule has 0 aliphatic heterocycles. The normalized spacial score (nSPS) is 12.7. The Labute approximate surface area is 109 Å². The zero-order valence-corrected chi connectivity index (χ0v) is 11.0. The lowest BCUT2D eigenvalue weighted by molar-refractivity contribution is 0.600. The maximum atomic E-state index is 13.8. The van der Waals surface area contributed by atoms with Crippen molar-refractivity contribution in [2.75, 3.05) is 0 Å². The van der Waals surface area contributed by atoms with E-state index in [1.807, 2.05) is 11.4 Å². The van der Waals surface area contributed by atoms with E-state index in [2.05, 4.69) is 6.92 Å². The van der Waals surface area contributed by atoms with Crippen molar-refractivity contribution in [2.45, 2.75) is 19.4 Å². The third-order valence-electron chi connectivity index (χ3n) is 2.74. The molecule has 1 nitrogen and oxygen atoms in total. The van der Waals surface area contributed by atoms with Crippen LogP contribution >= 0.6 is 22.9 Å². The molecule has 2 aromatic rings. The summed E-state index contributed by atoms with van der Waals surface area (Å²) in [4.78, 5) is 1.02. The first-order chi connectivity index (χ1) is 8.13. The van der Waals surface area contributed by atoms with E-state index in [0.717, 1.165) is 11.3 Å². The lowest BCUT2D eigenvalue weighted by Crippen LogP contribution is -2.13. The Morgan fingerprint density at radius 1 is 1.41 bits per heavy atom. The van der Waals surface area contributed by atoms with Crippen LogP contribution in [-0.4, -0.2) is 0 Å². The maximum absolute atomic E-state index is 13.8. The molecule has 17 heavy (non-hydrogen) atoms. The highest BCUT2D eigenvalue weighted by Crippen LogP contribution is 2.30. The van der Waals surface area contributed by atoms with Gasteiger partial charge in [0.05, 0.1) is 6.04 Å². The fourth-order valence-corrected chi connectivity index (χ4v) is 2.98. The number of hydrogen-bond donors (Lipinski definition) is 1. The van der Waals surface area contributed by atoms with E-state index in [4.69, 9.17) is 17.3 Å². The summed E-state index contributed by atoms with van der Waals surface area (Å²) in [6, 6.07) is 6.24. The topological polar surface area (TPSA) is 26.0 Å². The van der Waals surface area contributed by atoms with Crippen LogP contribution in [0, 0.1) is 5.82 Å². The van der Waals surface area contributed by atoms with Crippen LogP contribution in [0.5, 0.6) is 0 Å². The molecule has 2 N–H and O–H groups in total. The van der Waals surface area contributed by atoms with Crippen molar-refractivity contribution in [3.8, 4) is 0 Å². The second-order valence-corrected chi connectivity index (χ2v) is 5.19. The fourth-order valence-electron chi connectivity index (χ4n) is 1.81. The minimum atomic E-state index is -0.415. The van der Waals surface area contributed by atoms with Gasteiger partial charge in [-0.25, -0.2) is 4.39 Å². The van der Waals surface area contributed by atoms with Crippen LogP contribution in [0.2, 0.25) is 5.02 Å². The minimum Gasteiger partial charge on any atom is -0.320 e. The van der Waals surface area contributed by atoms with Gasteiger partial charge in [0.15, 0.2) is 0 Å². The van der Waals surface area contributed by atoms with Crippen LogP contribution in [0.15, 0.2) is 29.6 Å². The molecule has 0 saturated carbocycles. The molecule has 1 aromatic carbocycles. The summed E-state index contributed by atoms with van der Waals surface area (Å²) in [6.45, 7) is 2.07. The van der Waals surface area contributed by atoms with Gasteiger partial charge in [-0.15, -0.1) is 11.3 Å². The van der Waals surface area contributed by atoms with E-state index in [1.165, 1.54) is 11.6 Å².